The van der Waals surface area contributed by atoms with Crippen LogP contribution in [0.2, 0.25) is 0 Å². The number of aromatic nitrogens is 1. The Balaban J connectivity index is 1.83. The van der Waals surface area contributed by atoms with Crippen molar-refractivity contribution < 1.29 is 8.42 Å². The Kier molecular flexibility index (Phi) is 3.03. The van der Waals surface area contributed by atoms with Gasteiger partial charge in [0.1, 0.15) is 0 Å². The summed E-state index contributed by atoms with van der Waals surface area (Å²) in [6, 6.07) is 12.0. The van der Waals surface area contributed by atoms with Crippen LogP contribution >= 0.6 is 11.8 Å². The van der Waals surface area contributed by atoms with Gasteiger partial charge in [-0.05, 0) is 18.6 Å². The van der Waals surface area contributed by atoms with E-state index in [-0.39, 0.29) is 11.0 Å². The van der Waals surface area contributed by atoms with E-state index in [1.807, 2.05) is 36.4 Å². The van der Waals surface area contributed by atoms with Gasteiger partial charge in [0.25, 0.3) is 0 Å². The molecule has 0 radical (unpaired) electrons. The SMILES string of the molecule is O=S1(=O)CC[C@H](Sc2ccc3ccccc3n2)C1. The van der Waals surface area contributed by atoms with Crippen LogP contribution in [0.25, 0.3) is 10.9 Å². The molecule has 0 spiro atoms. The molecule has 0 amide bonds. The van der Waals surface area contributed by atoms with E-state index in [4.69, 9.17) is 0 Å². The molecule has 1 atom stereocenters. The summed E-state index contributed by atoms with van der Waals surface area (Å²) in [5, 5.41) is 2.18. The molecule has 5 heteroatoms. The highest BCUT2D eigenvalue weighted by Crippen LogP contribution is 2.30. The molecule has 2 heterocycles. The minimum Gasteiger partial charge on any atom is -0.241 e. The third kappa shape index (κ3) is 2.52. The summed E-state index contributed by atoms with van der Waals surface area (Å²) < 4.78 is 22.8. The number of nitrogens with zero attached hydrogens (tertiary/aromatic N) is 1. The lowest BCUT2D eigenvalue weighted by atomic mass is 10.2. The van der Waals surface area contributed by atoms with Gasteiger partial charge in [0.15, 0.2) is 9.84 Å². The van der Waals surface area contributed by atoms with Crippen molar-refractivity contribution in [2.45, 2.75) is 16.7 Å². The topological polar surface area (TPSA) is 47.0 Å². The van der Waals surface area contributed by atoms with Crippen molar-refractivity contribution in [2.24, 2.45) is 0 Å². The van der Waals surface area contributed by atoms with Crippen LogP contribution in [0.5, 0.6) is 0 Å². The number of thioether (sulfide) groups is 1. The van der Waals surface area contributed by atoms with Crippen molar-refractivity contribution >= 4 is 32.5 Å². The molecule has 1 saturated heterocycles. The van der Waals surface area contributed by atoms with E-state index in [9.17, 15) is 8.42 Å². The van der Waals surface area contributed by atoms with Crippen LogP contribution in [0, 0.1) is 0 Å². The van der Waals surface area contributed by atoms with Crippen LogP contribution in [0.3, 0.4) is 0 Å². The molecule has 1 aliphatic rings. The monoisotopic (exact) mass is 279 g/mol. The number of sulfone groups is 1. The standard InChI is InChI=1S/C13H13NO2S2/c15-18(16)8-7-11(9-18)17-13-6-5-10-3-1-2-4-12(10)14-13/h1-6,11H,7-9H2/t11-/m0/s1. The zero-order valence-corrected chi connectivity index (χ0v) is 11.4. The summed E-state index contributed by atoms with van der Waals surface area (Å²) in [6.07, 6.45) is 0.738. The molecule has 1 fully saturated rings. The fourth-order valence-corrected chi connectivity index (χ4v) is 5.60. The number of pyridine rings is 1. The third-order valence-corrected chi connectivity index (χ3v) is 6.23. The first kappa shape index (κ1) is 12.0. The molecule has 0 bridgehead atoms. The summed E-state index contributed by atoms with van der Waals surface area (Å²) in [7, 11) is -2.81. The van der Waals surface area contributed by atoms with Crippen LogP contribution in [-0.4, -0.2) is 30.2 Å². The zero-order chi connectivity index (χ0) is 12.6. The fourth-order valence-electron chi connectivity index (χ4n) is 2.14. The first-order valence-electron chi connectivity index (χ1n) is 5.85. The van der Waals surface area contributed by atoms with E-state index in [1.165, 1.54) is 0 Å². The number of rotatable bonds is 2. The van der Waals surface area contributed by atoms with E-state index < -0.39 is 9.84 Å². The summed E-state index contributed by atoms with van der Waals surface area (Å²) in [5.74, 6) is 0.602. The van der Waals surface area contributed by atoms with Gasteiger partial charge in [-0.2, -0.15) is 0 Å². The van der Waals surface area contributed by atoms with Gasteiger partial charge in [0.2, 0.25) is 0 Å². The molecule has 0 saturated carbocycles. The van der Waals surface area contributed by atoms with E-state index in [0.29, 0.717) is 5.75 Å². The van der Waals surface area contributed by atoms with Gasteiger partial charge in [-0.15, -0.1) is 11.8 Å². The molecule has 94 valence electrons. The molecule has 3 rings (SSSR count). The Hall–Kier alpha value is -1.07. The minimum atomic E-state index is -2.81. The molecule has 0 aliphatic carbocycles. The van der Waals surface area contributed by atoms with E-state index >= 15 is 0 Å². The Morgan fingerprint density at radius 2 is 2.00 bits per heavy atom. The molecule has 2 aromatic rings. The first-order chi connectivity index (χ1) is 8.62. The summed E-state index contributed by atoms with van der Waals surface area (Å²) >= 11 is 1.58. The van der Waals surface area contributed by atoms with Crippen molar-refractivity contribution in [1.29, 1.82) is 0 Å². The molecular weight excluding hydrogens is 266 g/mol. The average molecular weight is 279 g/mol. The third-order valence-electron chi connectivity index (χ3n) is 3.05. The predicted octanol–water partition coefficient (Wildman–Crippen LogP) is 2.51. The highest BCUT2D eigenvalue weighted by molar-refractivity contribution is 8.01. The Morgan fingerprint density at radius 1 is 1.17 bits per heavy atom. The number of hydrogen-bond donors (Lipinski definition) is 0. The summed E-state index contributed by atoms with van der Waals surface area (Å²) in [6.45, 7) is 0. The maximum absolute atomic E-state index is 11.4. The van der Waals surface area contributed by atoms with Crippen LogP contribution < -0.4 is 0 Å². The van der Waals surface area contributed by atoms with Gasteiger partial charge in [-0.1, -0.05) is 24.3 Å². The van der Waals surface area contributed by atoms with Gasteiger partial charge in [0.05, 0.1) is 22.0 Å². The smallest absolute Gasteiger partial charge is 0.151 e. The Bertz CT molecular complexity index is 682. The highest BCUT2D eigenvalue weighted by Gasteiger charge is 2.28. The first-order valence-corrected chi connectivity index (χ1v) is 8.55. The zero-order valence-electron chi connectivity index (χ0n) is 9.74. The van der Waals surface area contributed by atoms with Crippen molar-refractivity contribution in [3.63, 3.8) is 0 Å². The minimum absolute atomic E-state index is 0.156. The van der Waals surface area contributed by atoms with Gasteiger partial charge in [0, 0.05) is 10.6 Å². The Morgan fingerprint density at radius 3 is 2.78 bits per heavy atom. The molecule has 0 N–H and O–H groups in total. The van der Waals surface area contributed by atoms with Crippen molar-refractivity contribution in [2.75, 3.05) is 11.5 Å². The molecule has 0 unspecified atom stereocenters. The lowest BCUT2D eigenvalue weighted by Gasteiger charge is -2.07. The van der Waals surface area contributed by atoms with Crippen LogP contribution in [0.4, 0.5) is 0 Å². The quantitative estimate of drug-likeness (QED) is 0.847. The predicted molar refractivity (Wildman–Crippen MR) is 74.7 cm³/mol. The van der Waals surface area contributed by atoms with Crippen LogP contribution in [-0.2, 0) is 9.84 Å². The molecule has 1 aromatic heterocycles. The average Bonchev–Trinajstić information content (AvgIpc) is 2.68. The van der Waals surface area contributed by atoms with Crippen molar-refractivity contribution in [1.82, 2.24) is 4.98 Å². The second-order valence-electron chi connectivity index (χ2n) is 4.49. The number of fused-ring (bicyclic) bond motifs is 1. The van der Waals surface area contributed by atoms with Gasteiger partial charge >= 0.3 is 0 Å². The number of para-hydroxylation sites is 1. The van der Waals surface area contributed by atoms with Crippen LogP contribution in [0.1, 0.15) is 6.42 Å². The summed E-state index contributed by atoms with van der Waals surface area (Å²) in [4.78, 5) is 4.55. The van der Waals surface area contributed by atoms with E-state index in [0.717, 1.165) is 22.3 Å². The van der Waals surface area contributed by atoms with Crippen molar-refractivity contribution in [3.8, 4) is 0 Å². The van der Waals surface area contributed by atoms with Gasteiger partial charge < -0.3 is 0 Å². The van der Waals surface area contributed by atoms with E-state index in [2.05, 4.69) is 4.98 Å². The number of benzene rings is 1. The van der Waals surface area contributed by atoms with E-state index in [1.54, 1.807) is 11.8 Å². The largest absolute Gasteiger partial charge is 0.241 e. The van der Waals surface area contributed by atoms with Gasteiger partial charge in [-0.25, -0.2) is 13.4 Å². The normalized spacial score (nSPS) is 22.3. The molecular formula is C13H13NO2S2. The lowest BCUT2D eigenvalue weighted by molar-refractivity contribution is 0.602. The maximum Gasteiger partial charge on any atom is 0.151 e. The summed E-state index contributed by atoms with van der Waals surface area (Å²) in [5.41, 5.74) is 0.961. The molecule has 1 aliphatic heterocycles. The highest BCUT2D eigenvalue weighted by atomic mass is 32.2. The molecule has 18 heavy (non-hydrogen) atoms. The van der Waals surface area contributed by atoms with Crippen molar-refractivity contribution in [3.05, 3.63) is 36.4 Å². The Labute approximate surface area is 111 Å². The number of hydrogen-bond acceptors (Lipinski definition) is 4. The fraction of sp³-hybridized carbons (Fsp3) is 0.308. The lowest BCUT2D eigenvalue weighted by Crippen LogP contribution is -2.06. The van der Waals surface area contributed by atoms with Gasteiger partial charge in [-0.3, -0.25) is 0 Å². The van der Waals surface area contributed by atoms with Crippen LogP contribution in [0.15, 0.2) is 41.4 Å². The second kappa shape index (κ2) is 4.55. The maximum atomic E-state index is 11.4. The molecule has 3 nitrogen and oxygen atoms in total. The molecule has 1 aromatic carbocycles. The second-order valence-corrected chi connectivity index (χ2v) is 8.03.